The second kappa shape index (κ2) is 8.39. The van der Waals surface area contributed by atoms with Crippen molar-refractivity contribution >= 4 is 40.2 Å². The molecule has 1 heterocycles. The van der Waals surface area contributed by atoms with Crippen molar-refractivity contribution in [3.63, 3.8) is 0 Å². The largest absolute Gasteiger partial charge is 0.475 e. The molecule has 140 valence electrons. The number of ether oxygens (including phenoxy) is 2. The molecule has 2 aliphatic rings. The predicted octanol–water partition coefficient (Wildman–Crippen LogP) is 3.13. The highest BCUT2D eigenvalue weighted by molar-refractivity contribution is 8.22. The van der Waals surface area contributed by atoms with Crippen molar-refractivity contribution in [2.75, 3.05) is 19.4 Å². The van der Waals surface area contributed by atoms with Crippen molar-refractivity contribution in [3.8, 4) is 0 Å². The second-order valence-corrected chi connectivity index (χ2v) is 7.94. The fraction of sp³-hybridized carbons (Fsp3) is 0.526. The predicted molar refractivity (Wildman–Crippen MR) is 105 cm³/mol. The number of thioether (sulfide) groups is 1. The molecule has 0 spiro atoms. The second-order valence-electron chi connectivity index (χ2n) is 6.54. The van der Waals surface area contributed by atoms with Gasteiger partial charge in [0.05, 0.1) is 6.61 Å². The molecule has 1 amide bonds. The average molecular weight is 394 g/mol. The van der Waals surface area contributed by atoms with Gasteiger partial charge in [-0.05, 0) is 56.3 Å². The van der Waals surface area contributed by atoms with Crippen LogP contribution in [0.5, 0.6) is 0 Å². The summed E-state index contributed by atoms with van der Waals surface area (Å²) in [7, 11) is 0. The first-order valence-corrected chi connectivity index (χ1v) is 10.5. The van der Waals surface area contributed by atoms with E-state index in [1.165, 1.54) is 11.8 Å². The Hall–Kier alpha value is -1.60. The monoisotopic (exact) mass is 393 g/mol. The Morgan fingerprint density at radius 2 is 1.96 bits per heavy atom. The van der Waals surface area contributed by atoms with E-state index in [0.29, 0.717) is 23.1 Å². The van der Waals surface area contributed by atoms with Crippen LogP contribution in [0.4, 0.5) is 0 Å². The summed E-state index contributed by atoms with van der Waals surface area (Å²) in [5.41, 5.74) is 0.582. The lowest BCUT2D eigenvalue weighted by Gasteiger charge is -2.26. The number of benzene rings is 1. The molecular formula is C19H23NO4S2. The number of rotatable bonds is 4. The smallest absolute Gasteiger partial charge is 0.329 e. The topological polar surface area (TPSA) is 55.8 Å². The standard InChI is InChI=1S/C19H23NO4S2/c1-3-23-18(22)16-13-9-10-15(24-19(25)26-2)14(13)11-20(16)17(21)12-7-5-4-6-8-12/h4-8,13-16H,3,9-11H2,1-2H3/t13-,14-,15?,16-/m0/s1. The third kappa shape index (κ3) is 3.74. The highest BCUT2D eigenvalue weighted by Crippen LogP contribution is 2.45. The van der Waals surface area contributed by atoms with Crippen molar-refractivity contribution in [1.29, 1.82) is 0 Å². The molecule has 5 nitrogen and oxygen atoms in total. The van der Waals surface area contributed by atoms with Gasteiger partial charge in [-0.25, -0.2) is 4.79 Å². The molecule has 7 heteroatoms. The summed E-state index contributed by atoms with van der Waals surface area (Å²) in [5.74, 6) is -0.305. The molecule has 3 rings (SSSR count). The number of amides is 1. The van der Waals surface area contributed by atoms with Crippen LogP contribution in [0, 0.1) is 11.8 Å². The summed E-state index contributed by atoms with van der Waals surface area (Å²) < 4.78 is 11.7. The summed E-state index contributed by atoms with van der Waals surface area (Å²) >= 11 is 6.60. The van der Waals surface area contributed by atoms with Crippen LogP contribution in [0.2, 0.25) is 0 Å². The molecule has 1 saturated carbocycles. The van der Waals surface area contributed by atoms with Crippen molar-refractivity contribution in [2.45, 2.75) is 31.9 Å². The highest BCUT2D eigenvalue weighted by Gasteiger charge is 2.54. The van der Waals surface area contributed by atoms with E-state index in [2.05, 4.69) is 0 Å². The van der Waals surface area contributed by atoms with Gasteiger partial charge >= 0.3 is 5.97 Å². The van der Waals surface area contributed by atoms with Gasteiger partial charge in [0.2, 0.25) is 4.38 Å². The number of hydrogen-bond acceptors (Lipinski definition) is 6. The summed E-state index contributed by atoms with van der Waals surface area (Å²) in [4.78, 5) is 27.3. The number of carbonyl (C=O) groups is 2. The number of fused-ring (bicyclic) bond motifs is 1. The van der Waals surface area contributed by atoms with Crippen molar-refractivity contribution < 1.29 is 19.1 Å². The molecule has 1 aliphatic carbocycles. The van der Waals surface area contributed by atoms with Crippen LogP contribution in [0.25, 0.3) is 0 Å². The van der Waals surface area contributed by atoms with Crippen LogP contribution in [-0.4, -0.2) is 52.7 Å². The molecular weight excluding hydrogens is 370 g/mol. The minimum Gasteiger partial charge on any atom is -0.475 e. The minimum absolute atomic E-state index is 0.0505. The highest BCUT2D eigenvalue weighted by atomic mass is 32.2. The first kappa shape index (κ1) is 19.2. The van der Waals surface area contributed by atoms with Gasteiger partial charge in [-0.3, -0.25) is 4.79 Å². The van der Waals surface area contributed by atoms with Crippen molar-refractivity contribution in [3.05, 3.63) is 35.9 Å². The Morgan fingerprint density at radius 1 is 1.23 bits per heavy atom. The Balaban J connectivity index is 1.84. The molecule has 1 aliphatic heterocycles. The van der Waals surface area contributed by atoms with Gasteiger partial charge in [0, 0.05) is 18.0 Å². The normalized spacial score (nSPS) is 27.1. The van der Waals surface area contributed by atoms with E-state index in [9.17, 15) is 9.59 Å². The first-order chi connectivity index (χ1) is 12.6. The number of thiocarbonyl (C=S) groups is 1. The number of likely N-dealkylation sites (tertiary alicyclic amines) is 1. The number of esters is 1. The van der Waals surface area contributed by atoms with E-state index in [1.807, 2.05) is 24.5 Å². The first-order valence-electron chi connectivity index (χ1n) is 8.84. The SMILES string of the molecule is CCOC(=O)[C@@H]1[C@H]2CCC(OC(=S)SC)[C@H]2CN1C(=O)c1ccccc1. The lowest BCUT2D eigenvalue weighted by molar-refractivity contribution is -0.149. The van der Waals surface area contributed by atoms with Gasteiger partial charge in [0.15, 0.2) is 0 Å². The lowest BCUT2D eigenvalue weighted by Crippen LogP contribution is -2.44. The van der Waals surface area contributed by atoms with Gasteiger partial charge in [0.1, 0.15) is 12.1 Å². The van der Waals surface area contributed by atoms with Gasteiger partial charge in [-0.2, -0.15) is 0 Å². The van der Waals surface area contributed by atoms with Gasteiger partial charge in [0.25, 0.3) is 5.91 Å². The van der Waals surface area contributed by atoms with Crippen LogP contribution in [-0.2, 0) is 14.3 Å². The Kier molecular flexibility index (Phi) is 6.19. The fourth-order valence-corrected chi connectivity index (χ4v) is 4.42. The van der Waals surface area contributed by atoms with Crippen molar-refractivity contribution in [1.82, 2.24) is 4.90 Å². The van der Waals surface area contributed by atoms with E-state index in [4.69, 9.17) is 21.7 Å². The zero-order valence-electron chi connectivity index (χ0n) is 14.9. The molecule has 0 bridgehead atoms. The fourth-order valence-electron chi connectivity index (χ4n) is 4.08. The van der Waals surface area contributed by atoms with Crippen LogP contribution in [0.15, 0.2) is 30.3 Å². The van der Waals surface area contributed by atoms with E-state index in [0.717, 1.165) is 12.8 Å². The van der Waals surface area contributed by atoms with E-state index in [-0.39, 0.29) is 29.8 Å². The average Bonchev–Trinajstić information content (AvgIpc) is 3.21. The molecule has 1 saturated heterocycles. The molecule has 0 radical (unpaired) electrons. The molecule has 1 aromatic carbocycles. The minimum atomic E-state index is -0.552. The van der Waals surface area contributed by atoms with Crippen molar-refractivity contribution in [2.24, 2.45) is 11.8 Å². The molecule has 1 unspecified atom stereocenters. The Labute approximate surface area is 163 Å². The number of nitrogens with zero attached hydrogens (tertiary/aromatic N) is 1. The summed E-state index contributed by atoms with van der Waals surface area (Å²) in [6.45, 7) is 2.57. The maximum atomic E-state index is 13.0. The zero-order valence-corrected chi connectivity index (χ0v) is 16.6. The summed E-state index contributed by atoms with van der Waals surface area (Å²) in [6, 6.07) is 8.51. The lowest BCUT2D eigenvalue weighted by atomic mass is 9.93. The van der Waals surface area contributed by atoms with E-state index >= 15 is 0 Å². The number of carbonyl (C=O) groups excluding carboxylic acids is 2. The molecule has 0 aromatic heterocycles. The third-order valence-corrected chi connectivity index (χ3v) is 6.21. The number of hydrogen-bond donors (Lipinski definition) is 0. The Morgan fingerprint density at radius 3 is 2.62 bits per heavy atom. The van der Waals surface area contributed by atoms with Crippen LogP contribution in [0.3, 0.4) is 0 Å². The third-order valence-electron chi connectivity index (χ3n) is 5.18. The summed E-state index contributed by atoms with van der Waals surface area (Å²) in [6.07, 6.45) is 3.51. The van der Waals surface area contributed by atoms with E-state index < -0.39 is 6.04 Å². The molecule has 2 fully saturated rings. The van der Waals surface area contributed by atoms with Crippen LogP contribution >= 0.6 is 24.0 Å². The van der Waals surface area contributed by atoms with Gasteiger partial charge < -0.3 is 14.4 Å². The van der Waals surface area contributed by atoms with E-state index in [1.54, 1.807) is 24.0 Å². The molecule has 4 atom stereocenters. The maximum absolute atomic E-state index is 13.0. The Bertz CT molecular complexity index is 681. The van der Waals surface area contributed by atoms with Crippen LogP contribution < -0.4 is 0 Å². The quantitative estimate of drug-likeness (QED) is 0.579. The van der Waals surface area contributed by atoms with Gasteiger partial charge in [-0.15, -0.1) is 0 Å². The molecule has 1 aromatic rings. The molecule has 0 N–H and O–H groups in total. The van der Waals surface area contributed by atoms with Gasteiger partial charge in [-0.1, -0.05) is 30.0 Å². The maximum Gasteiger partial charge on any atom is 0.329 e. The zero-order chi connectivity index (χ0) is 18.7. The molecule has 26 heavy (non-hydrogen) atoms. The van der Waals surface area contributed by atoms with Crippen LogP contribution in [0.1, 0.15) is 30.1 Å². The summed E-state index contributed by atoms with van der Waals surface area (Å²) in [5, 5.41) is 0.